The monoisotopic (exact) mass is 269 g/mol. The van der Waals surface area contributed by atoms with Gasteiger partial charge in [0, 0.05) is 11.1 Å². The summed E-state index contributed by atoms with van der Waals surface area (Å²) in [5, 5.41) is 10.3. The Morgan fingerprint density at radius 3 is 2.84 bits per heavy atom. The van der Waals surface area contributed by atoms with E-state index in [1.54, 1.807) is 18.2 Å². The van der Waals surface area contributed by atoms with E-state index in [4.69, 9.17) is 0 Å². The number of carbonyl (C=O) groups excluding carboxylic acids is 1. The molecule has 0 bridgehead atoms. The van der Waals surface area contributed by atoms with Crippen molar-refractivity contribution in [2.45, 2.75) is 6.92 Å². The van der Waals surface area contributed by atoms with Gasteiger partial charge in [0.1, 0.15) is 17.0 Å². The standard InChI is InChI=1S/C15H11NO2S/c1-9-4-10(8-17)6-11(5-9)15-16-13-3-2-12(18)7-14(13)19-15/h2-8,18H,1H3. The van der Waals surface area contributed by atoms with Crippen molar-refractivity contribution < 1.29 is 9.90 Å². The molecule has 0 saturated heterocycles. The van der Waals surface area contributed by atoms with E-state index in [2.05, 4.69) is 4.98 Å². The molecular formula is C15H11NO2S. The molecule has 3 nitrogen and oxygen atoms in total. The van der Waals surface area contributed by atoms with Gasteiger partial charge in [-0.2, -0.15) is 0 Å². The van der Waals surface area contributed by atoms with Gasteiger partial charge in [-0.05, 0) is 48.9 Å². The number of benzene rings is 2. The quantitative estimate of drug-likeness (QED) is 0.720. The number of aromatic nitrogens is 1. The van der Waals surface area contributed by atoms with Crippen LogP contribution < -0.4 is 0 Å². The van der Waals surface area contributed by atoms with Crippen molar-refractivity contribution in [2.24, 2.45) is 0 Å². The van der Waals surface area contributed by atoms with Crippen LogP contribution in [0.5, 0.6) is 5.75 Å². The van der Waals surface area contributed by atoms with Gasteiger partial charge >= 0.3 is 0 Å². The van der Waals surface area contributed by atoms with Gasteiger partial charge in [-0.15, -0.1) is 11.3 Å². The third-order valence-electron chi connectivity index (χ3n) is 2.85. The van der Waals surface area contributed by atoms with Crippen molar-refractivity contribution in [3.8, 4) is 16.3 Å². The van der Waals surface area contributed by atoms with Gasteiger partial charge in [0.05, 0.1) is 10.2 Å². The topological polar surface area (TPSA) is 50.2 Å². The minimum atomic E-state index is 0.237. The van der Waals surface area contributed by atoms with E-state index in [1.807, 2.05) is 25.1 Å². The molecule has 19 heavy (non-hydrogen) atoms. The minimum absolute atomic E-state index is 0.237. The maximum absolute atomic E-state index is 10.9. The predicted octanol–water partition coefficient (Wildman–Crippen LogP) is 3.79. The molecule has 0 saturated carbocycles. The zero-order valence-electron chi connectivity index (χ0n) is 10.3. The van der Waals surface area contributed by atoms with E-state index in [1.165, 1.54) is 11.3 Å². The molecule has 0 atom stereocenters. The molecule has 2 aromatic carbocycles. The second-order valence-electron chi connectivity index (χ2n) is 4.42. The normalized spacial score (nSPS) is 10.8. The second-order valence-corrected chi connectivity index (χ2v) is 5.45. The highest BCUT2D eigenvalue weighted by Crippen LogP contribution is 2.32. The molecule has 0 unspecified atom stereocenters. The Labute approximate surface area is 114 Å². The van der Waals surface area contributed by atoms with Crippen LogP contribution >= 0.6 is 11.3 Å². The lowest BCUT2D eigenvalue weighted by Crippen LogP contribution is -1.85. The minimum Gasteiger partial charge on any atom is -0.508 e. The van der Waals surface area contributed by atoms with Crippen LogP contribution in [0.15, 0.2) is 36.4 Å². The van der Waals surface area contributed by atoms with E-state index in [0.717, 1.165) is 32.6 Å². The summed E-state index contributed by atoms with van der Waals surface area (Å²) in [5.41, 5.74) is 3.47. The summed E-state index contributed by atoms with van der Waals surface area (Å²) < 4.78 is 0.934. The molecular weight excluding hydrogens is 258 g/mol. The lowest BCUT2D eigenvalue weighted by atomic mass is 10.1. The van der Waals surface area contributed by atoms with Crippen molar-refractivity contribution in [1.29, 1.82) is 0 Å². The van der Waals surface area contributed by atoms with Gasteiger partial charge in [0.2, 0.25) is 0 Å². The average molecular weight is 269 g/mol. The largest absolute Gasteiger partial charge is 0.508 e. The van der Waals surface area contributed by atoms with E-state index in [9.17, 15) is 9.90 Å². The molecule has 1 N–H and O–H groups in total. The number of carbonyl (C=O) groups is 1. The molecule has 3 rings (SSSR count). The molecule has 0 amide bonds. The summed E-state index contributed by atoms with van der Waals surface area (Å²) in [6.45, 7) is 1.95. The molecule has 1 aromatic heterocycles. The summed E-state index contributed by atoms with van der Waals surface area (Å²) in [6.07, 6.45) is 0.843. The van der Waals surface area contributed by atoms with Crippen LogP contribution in [0, 0.1) is 6.92 Å². The van der Waals surface area contributed by atoms with Crippen LogP contribution in [0.4, 0.5) is 0 Å². The molecule has 0 fully saturated rings. The van der Waals surface area contributed by atoms with Crippen molar-refractivity contribution in [1.82, 2.24) is 4.98 Å². The molecule has 0 radical (unpaired) electrons. The summed E-state index contributed by atoms with van der Waals surface area (Å²) in [6, 6.07) is 10.8. The molecule has 4 heteroatoms. The van der Waals surface area contributed by atoms with Crippen molar-refractivity contribution >= 4 is 27.8 Å². The Morgan fingerprint density at radius 1 is 1.21 bits per heavy atom. The predicted molar refractivity (Wildman–Crippen MR) is 76.8 cm³/mol. The molecule has 0 aliphatic rings. The Kier molecular flexibility index (Phi) is 2.80. The summed E-state index contributed by atoms with van der Waals surface area (Å²) in [4.78, 5) is 15.4. The number of aryl methyl sites for hydroxylation is 1. The number of phenols is 1. The number of hydrogen-bond donors (Lipinski definition) is 1. The van der Waals surface area contributed by atoms with Gasteiger partial charge in [-0.25, -0.2) is 4.98 Å². The van der Waals surface area contributed by atoms with Gasteiger partial charge < -0.3 is 5.11 Å². The zero-order valence-corrected chi connectivity index (χ0v) is 11.1. The highest BCUT2D eigenvalue weighted by Gasteiger charge is 2.08. The van der Waals surface area contributed by atoms with Crippen LogP contribution in [0.2, 0.25) is 0 Å². The first kappa shape index (κ1) is 11.9. The second kappa shape index (κ2) is 4.48. The Morgan fingerprint density at radius 2 is 2.05 bits per heavy atom. The fourth-order valence-electron chi connectivity index (χ4n) is 2.04. The smallest absolute Gasteiger partial charge is 0.150 e. The van der Waals surface area contributed by atoms with Crippen molar-refractivity contribution in [3.63, 3.8) is 0 Å². The first-order chi connectivity index (χ1) is 9.15. The van der Waals surface area contributed by atoms with Gasteiger partial charge in [0.25, 0.3) is 0 Å². The summed E-state index contributed by atoms with van der Waals surface area (Å²) in [5.74, 6) is 0.237. The zero-order chi connectivity index (χ0) is 13.4. The number of aldehydes is 1. The number of thiazole rings is 1. The number of aromatic hydroxyl groups is 1. The molecule has 1 heterocycles. The first-order valence-electron chi connectivity index (χ1n) is 5.82. The van der Waals surface area contributed by atoms with Crippen LogP contribution in [0.25, 0.3) is 20.8 Å². The number of phenolic OH excluding ortho intramolecular Hbond substituents is 1. The summed E-state index contributed by atoms with van der Waals surface area (Å²) in [7, 11) is 0. The molecule has 0 aliphatic heterocycles. The lowest BCUT2D eigenvalue weighted by molar-refractivity contribution is 0.112. The molecule has 0 aliphatic carbocycles. The number of hydrogen-bond acceptors (Lipinski definition) is 4. The van der Waals surface area contributed by atoms with Gasteiger partial charge in [-0.3, -0.25) is 4.79 Å². The Balaban J connectivity index is 2.18. The Hall–Kier alpha value is -2.20. The molecule has 94 valence electrons. The summed E-state index contributed by atoms with van der Waals surface area (Å²) >= 11 is 1.51. The van der Waals surface area contributed by atoms with Gasteiger partial charge in [-0.1, -0.05) is 0 Å². The SMILES string of the molecule is Cc1cc(C=O)cc(-c2nc3ccc(O)cc3s2)c1. The van der Waals surface area contributed by atoms with Crippen LogP contribution in [0.1, 0.15) is 15.9 Å². The van der Waals surface area contributed by atoms with Crippen LogP contribution in [-0.2, 0) is 0 Å². The van der Waals surface area contributed by atoms with E-state index in [0.29, 0.717) is 5.56 Å². The van der Waals surface area contributed by atoms with Crippen molar-refractivity contribution in [3.05, 3.63) is 47.5 Å². The third kappa shape index (κ3) is 2.22. The van der Waals surface area contributed by atoms with E-state index in [-0.39, 0.29) is 5.75 Å². The lowest BCUT2D eigenvalue weighted by Gasteiger charge is -2.00. The average Bonchev–Trinajstić information content (AvgIpc) is 2.80. The van der Waals surface area contributed by atoms with Crippen molar-refractivity contribution in [2.75, 3.05) is 0 Å². The van der Waals surface area contributed by atoms with E-state index < -0.39 is 0 Å². The van der Waals surface area contributed by atoms with Crippen LogP contribution in [0.3, 0.4) is 0 Å². The molecule has 3 aromatic rings. The van der Waals surface area contributed by atoms with E-state index >= 15 is 0 Å². The highest BCUT2D eigenvalue weighted by molar-refractivity contribution is 7.21. The number of fused-ring (bicyclic) bond motifs is 1. The third-order valence-corrected chi connectivity index (χ3v) is 3.92. The van der Waals surface area contributed by atoms with Gasteiger partial charge in [0.15, 0.2) is 0 Å². The fraction of sp³-hybridized carbons (Fsp3) is 0.0667. The number of rotatable bonds is 2. The highest BCUT2D eigenvalue weighted by atomic mass is 32.1. The Bertz CT molecular complexity index is 777. The maximum Gasteiger partial charge on any atom is 0.150 e. The van der Waals surface area contributed by atoms with Crippen LogP contribution in [-0.4, -0.2) is 16.4 Å². The first-order valence-corrected chi connectivity index (χ1v) is 6.64. The molecule has 0 spiro atoms. The number of nitrogens with zero attached hydrogens (tertiary/aromatic N) is 1. The fourth-order valence-corrected chi connectivity index (χ4v) is 3.03. The maximum atomic E-state index is 10.9.